The molecule has 0 spiro atoms. The molecule has 0 N–H and O–H groups in total. The van der Waals surface area contributed by atoms with Crippen molar-refractivity contribution in [1.29, 1.82) is 0 Å². The molecule has 0 aromatic heterocycles. The van der Waals surface area contributed by atoms with Gasteiger partial charge in [0.15, 0.2) is 9.84 Å². The third-order valence-electron chi connectivity index (χ3n) is 3.72. The molecule has 1 saturated carbocycles. The van der Waals surface area contributed by atoms with E-state index in [0.29, 0.717) is 24.2 Å². The molecule has 4 heteroatoms. The van der Waals surface area contributed by atoms with Gasteiger partial charge in [-0.1, -0.05) is 32.0 Å². The van der Waals surface area contributed by atoms with Crippen LogP contribution in [0, 0.1) is 0 Å². The van der Waals surface area contributed by atoms with Gasteiger partial charge < -0.3 is 0 Å². The van der Waals surface area contributed by atoms with Gasteiger partial charge in [-0.25, -0.2) is 8.42 Å². The fourth-order valence-electron chi connectivity index (χ4n) is 2.65. The highest BCUT2D eigenvalue weighted by molar-refractivity contribution is 7.92. The first-order valence-electron chi connectivity index (χ1n) is 6.77. The lowest BCUT2D eigenvalue weighted by atomic mass is 9.99. The van der Waals surface area contributed by atoms with Crippen molar-refractivity contribution >= 4 is 15.6 Å². The topological polar surface area (TPSA) is 51.2 Å². The second-order valence-electron chi connectivity index (χ2n) is 5.49. The molecular formula is C15H20O3S. The van der Waals surface area contributed by atoms with Crippen LogP contribution in [0.3, 0.4) is 0 Å². The van der Waals surface area contributed by atoms with Gasteiger partial charge in [-0.15, -0.1) is 0 Å². The maximum atomic E-state index is 12.7. The summed E-state index contributed by atoms with van der Waals surface area (Å²) >= 11 is 0. The Balaban J connectivity index is 2.42. The quantitative estimate of drug-likeness (QED) is 0.855. The molecule has 19 heavy (non-hydrogen) atoms. The molecule has 2 rings (SSSR count). The van der Waals surface area contributed by atoms with Gasteiger partial charge in [0.05, 0.1) is 10.1 Å². The standard InChI is InChI=1S/C15H20O3S/c1-11(2)14-8-3-4-9-15(14)19(17,18)13-7-5-6-12(16)10-13/h3-4,8-9,11,13H,5-7,10H2,1-2H3. The van der Waals surface area contributed by atoms with Crippen LogP contribution in [0.25, 0.3) is 0 Å². The van der Waals surface area contributed by atoms with Gasteiger partial charge in [0.25, 0.3) is 0 Å². The molecule has 1 aliphatic carbocycles. The first-order valence-corrected chi connectivity index (χ1v) is 8.32. The van der Waals surface area contributed by atoms with Crippen molar-refractivity contribution in [2.75, 3.05) is 0 Å². The third kappa shape index (κ3) is 2.89. The molecule has 3 nitrogen and oxygen atoms in total. The van der Waals surface area contributed by atoms with Crippen LogP contribution in [0.5, 0.6) is 0 Å². The van der Waals surface area contributed by atoms with Crippen LogP contribution in [0.2, 0.25) is 0 Å². The minimum Gasteiger partial charge on any atom is -0.300 e. The highest BCUT2D eigenvalue weighted by Gasteiger charge is 2.33. The van der Waals surface area contributed by atoms with Crippen molar-refractivity contribution in [3.63, 3.8) is 0 Å². The van der Waals surface area contributed by atoms with E-state index >= 15 is 0 Å². The maximum Gasteiger partial charge on any atom is 0.181 e. The zero-order valence-corrected chi connectivity index (χ0v) is 12.2. The van der Waals surface area contributed by atoms with Gasteiger partial charge in [-0.3, -0.25) is 4.79 Å². The van der Waals surface area contributed by atoms with Gasteiger partial charge in [0.1, 0.15) is 5.78 Å². The van der Waals surface area contributed by atoms with Crippen LogP contribution in [-0.4, -0.2) is 19.5 Å². The second kappa shape index (κ2) is 5.45. The Bertz CT molecular complexity index is 573. The van der Waals surface area contributed by atoms with E-state index in [1.165, 1.54) is 0 Å². The summed E-state index contributed by atoms with van der Waals surface area (Å²) in [5, 5.41) is -0.534. The maximum absolute atomic E-state index is 12.7. The molecule has 1 aromatic rings. The average molecular weight is 280 g/mol. The summed E-state index contributed by atoms with van der Waals surface area (Å²) in [7, 11) is -3.39. The van der Waals surface area contributed by atoms with Crippen molar-refractivity contribution in [2.45, 2.75) is 55.6 Å². The zero-order chi connectivity index (χ0) is 14.0. The van der Waals surface area contributed by atoms with E-state index in [1.807, 2.05) is 26.0 Å². The lowest BCUT2D eigenvalue weighted by Crippen LogP contribution is -2.29. The fraction of sp³-hybridized carbons (Fsp3) is 0.533. The Morgan fingerprint density at radius 3 is 2.53 bits per heavy atom. The zero-order valence-electron chi connectivity index (χ0n) is 11.4. The van der Waals surface area contributed by atoms with E-state index in [9.17, 15) is 13.2 Å². The second-order valence-corrected chi connectivity index (χ2v) is 7.69. The summed E-state index contributed by atoms with van der Waals surface area (Å²) in [6.07, 6.45) is 1.99. The Hall–Kier alpha value is -1.16. The molecule has 0 radical (unpaired) electrons. The van der Waals surface area contributed by atoms with Crippen LogP contribution in [-0.2, 0) is 14.6 Å². The third-order valence-corrected chi connectivity index (χ3v) is 5.99. The monoisotopic (exact) mass is 280 g/mol. The minimum absolute atomic E-state index is 0.0712. The predicted molar refractivity (Wildman–Crippen MR) is 75.0 cm³/mol. The van der Waals surface area contributed by atoms with Crippen LogP contribution < -0.4 is 0 Å². The number of rotatable bonds is 3. The van der Waals surface area contributed by atoms with Crippen LogP contribution in [0.1, 0.15) is 51.0 Å². The fourth-order valence-corrected chi connectivity index (χ4v) is 4.79. The smallest absolute Gasteiger partial charge is 0.181 e. The van der Waals surface area contributed by atoms with Gasteiger partial charge in [-0.2, -0.15) is 0 Å². The van der Waals surface area contributed by atoms with Crippen LogP contribution >= 0.6 is 0 Å². The van der Waals surface area contributed by atoms with Crippen molar-refractivity contribution in [1.82, 2.24) is 0 Å². The number of Topliss-reactive ketones (excluding diaryl/α,β-unsaturated/α-hetero) is 1. The minimum atomic E-state index is -3.39. The lowest BCUT2D eigenvalue weighted by Gasteiger charge is -2.23. The Morgan fingerprint density at radius 1 is 1.21 bits per heavy atom. The summed E-state index contributed by atoms with van der Waals surface area (Å²) in [4.78, 5) is 11.9. The lowest BCUT2D eigenvalue weighted by molar-refractivity contribution is -0.120. The molecule has 1 aromatic carbocycles. The highest BCUT2D eigenvalue weighted by atomic mass is 32.2. The molecule has 0 saturated heterocycles. The van der Waals surface area contributed by atoms with E-state index in [1.54, 1.807) is 12.1 Å². The number of ketones is 1. The summed E-state index contributed by atoms with van der Waals surface area (Å²) in [6.45, 7) is 3.97. The number of benzene rings is 1. The van der Waals surface area contributed by atoms with Gasteiger partial charge in [0, 0.05) is 12.8 Å². The molecule has 0 amide bonds. The van der Waals surface area contributed by atoms with E-state index in [4.69, 9.17) is 0 Å². The SMILES string of the molecule is CC(C)c1ccccc1S(=O)(=O)C1CCCC(=O)C1. The Kier molecular flexibility index (Phi) is 4.09. The number of carbonyl (C=O) groups excluding carboxylic acids is 1. The molecule has 0 bridgehead atoms. The van der Waals surface area contributed by atoms with E-state index < -0.39 is 15.1 Å². The summed E-state index contributed by atoms with van der Waals surface area (Å²) in [5.41, 5.74) is 0.848. The molecule has 1 unspecified atom stereocenters. The normalized spacial score (nSPS) is 20.8. The first-order chi connectivity index (χ1) is 8.93. The molecule has 1 aliphatic rings. The number of hydrogen-bond acceptors (Lipinski definition) is 3. The number of hydrogen-bond donors (Lipinski definition) is 0. The molecule has 104 valence electrons. The summed E-state index contributed by atoms with van der Waals surface area (Å²) in [6, 6.07) is 7.15. The molecule has 1 atom stereocenters. The van der Waals surface area contributed by atoms with Gasteiger partial charge in [0.2, 0.25) is 0 Å². The number of carbonyl (C=O) groups is 1. The van der Waals surface area contributed by atoms with Gasteiger partial charge >= 0.3 is 0 Å². The van der Waals surface area contributed by atoms with Crippen LogP contribution in [0.15, 0.2) is 29.2 Å². The van der Waals surface area contributed by atoms with E-state index in [0.717, 1.165) is 5.56 Å². The summed E-state index contributed by atoms with van der Waals surface area (Å²) in [5.74, 6) is 0.229. The van der Waals surface area contributed by atoms with Crippen LogP contribution in [0.4, 0.5) is 0 Å². The van der Waals surface area contributed by atoms with E-state index in [-0.39, 0.29) is 18.1 Å². The molecule has 0 aliphatic heterocycles. The average Bonchev–Trinajstić information content (AvgIpc) is 2.38. The Morgan fingerprint density at radius 2 is 1.89 bits per heavy atom. The van der Waals surface area contributed by atoms with Gasteiger partial charge in [-0.05, 0) is 30.4 Å². The first kappa shape index (κ1) is 14.3. The molecular weight excluding hydrogens is 260 g/mol. The molecule has 1 fully saturated rings. The highest BCUT2D eigenvalue weighted by Crippen LogP contribution is 2.31. The van der Waals surface area contributed by atoms with E-state index in [2.05, 4.69) is 0 Å². The largest absolute Gasteiger partial charge is 0.300 e. The predicted octanol–water partition coefficient (Wildman–Crippen LogP) is 3.10. The summed E-state index contributed by atoms with van der Waals surface area (Å²) < 4.78 is 25.4. The van der Waals surface area contributed by atoms with Crippen molar-refractivity contribution < 1.29 is 13.2 Å². The molecule has 0 heterocycles. The van der Waals surface area contributed by atoms with Crippen molar-refractivity contribution in [3.05, 3.63) is 29.8 Å². The van der Waals surface area contributed by atoms with Crippen molar-refractivity contribution in [3.8, 4) is 0 Å². The Labute approximate surface area is 114 Å². The number of sulfone groups is 1. The van der Waals surface area contributed by atoms with Crippen molar-refractivity contribution in [2.24, 2.45) is 0 Å².